The fourth-order valence-corrected chi connectivity index (χ4v) is 11.6. The van der Waals surface area contributed by atoms with E-state index in [4.69, 9.17) is 4.74 Å². The lowest BCUT2D eigenvalue weighted by Gasteiger charge is -2.64. The highest BCUT2D eigenvalue weighted by atomic mass is 32.2. The second kappa shape index (κ2) is 11.7. The Balaban J connectivity index is 1.10. The molecule has 2 aromatic rings. The Morgan fingerprint density at radius 3 is 2.45 bits per heavy atom. The standard InChI is InChI=1S/C34H49N3O6S/c1-5-25-29-18-23(38)12-14-34(29,4)28-13-15-33(3)26(10-11-27(33)30(28)31(25)39)21(2)19-43-32(40)36-44(41,42)24-8-6-22(7-9-24)37-17-16-35-20-37/h6-9,16-17,20-21,23,25-31,38-39H,5,10-15,18-19H2,1-4H3,(H,36,40)/t21-,23-,25-,26-,27+,28+,29+,30+,31-,33-,34-/m1/s1. The normalized spacial score (nSPS) is 39.0. The fourth-order valence-electron chi connectivity index (χ4n) is 10.7. The molecule has 0 saturated heterocycles. The Bertz CT molecular complexity index is 1430. The highest BCUT2D eigenvalue weighted by Crippen LogP contribution is 2.69. The summed E-state index contributed by atoms with van der Waals surface area (Å²) in [5.74, 6) is 2.08. The number of amides is 1. The number of benzene rings is 1. The molecule has 0 bridgehead atoms. The lowest BCUT2D eigenvalue weighted by Crippen LogP contribution is -2.62. The third-order valence-electron chi connectivity index (χ3n) is 12.8. The van der Waals surface area contributed by atoms with Gasteiger partial charge in [0, 0.05) is 18.1 Å². The Kier molecular flexibility index (Phi) is 8.42. The maximum absolute atomic E-state index is 12.9. The molecular weight excluding hydrogens is 578 g/mol. The van der Waals surface area contributed by atoms with Crippen LogP contribution in [0, 0.1) is 52.3 Å². The third kappa shape index (κ3) is 5.28. The summed E-state index contributed by atoms with van der Waals surface area (Å²) in [5.41, 5.74) is 0.939. The van der Waals surface area contributed by atoms with Crippen molar-refractivity contribution in [1.29, 1.82) is 0 Å². The minimum absolute atomic E-state index is 0.0193. The van der Waals surface area contributed by atoms with Crippen molar-refractivity contribution in [3.05, 3.63) is 43.0 Å². The van der Waals surface area contributed by atoms with Crippen molar-refractivity contribution in [2.45, 2.75) is 96.2 Å². The molecule has 0 aliphatic heterocycles. The molecule has 4 saturated carbocycles. The van der Waals surface area contributed by atoms with Gasteiger partial charge < -0.3 is 19.5 Å². The van der Waals surface area contributed by atoms with Gasteiger partial charge in [-0.25, -0.2) is 22.9 Å². The molecule has 11 atom stereocenters. The van der Waals surface area contributed by atoms with E-state index in [0.717, 1.165) is 57.1 Å². The number of sulfonamides is 1. The number of hydrogen-bond donors (Lipinski definition) is 3. The van der Waals surface area contributed by atoms with E-state index in [1.807, 2.05) is 0 Å². The lowest BCUT2D eigenvalue weighted by atomic mass is 9.41. The summed E-state index contributed by atoms with van der Waals surface area (Å²) in [7, 11) is -4.08. The number of nitrogens with zero attached hydrogens (tertiary/aromatic N) is 2. The Morgan fingerprint density at radius 2 is 1.77 bits per heavy atom. The molecule has 4 aliphatic carbocycles. The van der Waals surface area contributed by atoms with Crippen LogP contribution in [-0.4, -0.2) is 53.1 Å². The van der Waals surface area contributed by atoms with Gasteiger partial charge in [-0.2, -0.15) is 0 Å². The summed E-state index contributed by atoms with van der Waals surface area (Å²) in [5, 5.41) is 22.5. The summed E-state index contributed by atoms with van der Waals surface area (Å²) in [6.07, 6.45) is 11.3. The van der Waals surface area contributed by atoms with Gasteiger partial charge in [0.15, 0.2) is 0 Å². The average molecular weight is 628 g/mol. The summed E-state index contributed by atoms with van der Waals surface area (Å²) < 4.78 is 35.1. The molecule has 44 heavy (non-hydrogen) atoms. The van der Waals surface area contributed by atoms with Gasteiger partial charge in [-0.1, -0.05) is 34.1 Å². The van der Waals surface area contributed by atoms with Gasteiger partial charge >= 0.3 is 6.09 Å². The van der Waals surface area contributed by atoms with Crippen LogP contribution in [0.25, 0.3) is 5.69 Å². The van der Waals surface area contributed by atoms with Crippen LogP contribution in [0.2, 0.25) is 0 Å². The Labute approximate surface area is 261 Å². The van der Waals surface area contributed by atoms with Crippen molar-refractivity contribution < 1.29 is 28.2 Å². The molecule has 9 nitrogen and oxygen atoms in total. The number of rotatable bonds is 7. The number of carbonyl (C=O) groups is 1. The van der Waals surface area contributed by atoms with E-state index in [9.17, 15) is 23.4 Å². The predicted molar refractivity (Wildman–Crippen MR) is 166 cm³/mol. The zero-order valence-corrected chi connectivity index (χ0v) is 27.2. The first-order valence-electron chi connectivity index (χ1n) is 16.5. The first-order chi connectivity index (χ1) is 20.9. The summed E-state index contributed by atoms with van der Waals surface area (Å²) >= 11 is 0. The second-order valence-electron chi connectivity index (χ2n) is 14.8. The zero-order valence-electron chi connectivity index (χ0n) is 26.4. The van der Waals surface area contributed by atoms with Gasteiger partial charge in [0.2, 0.25) is 0 Å². The molecule has 0 radical (unpaired) electrons. The van der Waals surface area contributed by atoms with Crippen molar-refractivity contribution in [3.63, 3.8) is 0 Å². The predicted octanol–water partition coefficient (Wildman–Crippen LogP) is 5.55. The van der Waals surface area contributed by atoms with Crippen molar-refractivity contribution in [2.24, 2.45) is 52.3 Å². The van der Waals surface area contributed by atoms with Crippen LogP contribution in [0.15, 0.2) is 47.9 Å². The van der Waals surface area contributed by atoms with E-state index in [0.29, 0.717) is 23.7 Å². The lowest BCUT2D eigenvalue weighted by molar-refractivity contribution is -0.203. The maximum Gasteiger partial charge on any atom is 0.421 e. The molecule has 4 aliphatic rings. The Hall–Kier alpha value is -2.43. The van der Waals surface area contributed by atoms with Crippen molar-refractivity contribution >= 4 is 16.1 Å². The molecule has 1 heterocycles. The van der Waals surface area contributed by atoms with Gasteiger partial charge in [0.25, 0.3) is 10.0 Å². The third-order valence-corrected chi connectivity index (χ3v) is 14.1. The number of carbonyl (C=O) groups excluding carboxylic acids is 1. The van der Waals surface area contributed by atoms with Crippen LogP contribution in [0.3, 0.4) is 0 Å². The number of nitrogens with one attached hydrogen (secondary N) is 1. The molecule has 0 unspecified atom stereocenters. The minimum Gasteiger partial charge on any atom is -0.449 e. The van der Waals surface area contributed by atoms with Crippen molar-refractivity contribution in [1.82, 2.24) is 14.3 Å². The quantitative estimate of drug-likeness (QED) is 0.367. The summed E-state index contributed by atoms with van der Waals surface area (Å²) in [6, 6.07) is 6.20. The van der Waals surface area contributed by atoms with Gasteiger partial charge in [0.1, 0.15) is 0 Å². The van der Waals surface area contributed by atoms with Gasteiger partial charge in [-0.05, 0) is 121 Å². The summed E-state index contributed by atoms with van der Waals surface area (Å²) in [4.78, 5) is 16.7. The summed E-state index contributed by atoms with van der Waals surface area (Å²) in [6.45, 7) is 9.26. The molecular formula is C34H49N3O6S. The van der Waals surface area contributed by atoms with Crippen LogP contribution >= 0.6 is 0 Å². The van der Waals surface area contributed by atoms with E-state index < -0.39 is 16.1 Å². The van der Waals surface area contributed by atoms with Crippen LogP contribution < -0.4 is 4.72 Å². The zero-order chi connectivity index (χ0) is 31.4. The number of ether oxygens (including phenoxy) is 1. The van der Waals surface area contributed by atoms with Gasteiger partial charge in [-0.3, -0.25) is 0 Å². The van der Waals surface area contributed by atoms with E-state index in [1.54, 1.807) is 35.4 Å². The van der Waals surface area contributed by atoms with E-state index in [2.05, 4.69) is 37.4 Å². The molecule has 242 valence electrons. The average Bonchev–Trinajstić information content (AvgIpc) is 3.65. The smallest absolute Gasteiger partial charge is 0.421 e. The van der Waals surface area contributed by atoms with E-state index in [-0.39, 0.29) is 52.3 Å². The second-order valence-corrected chi connectivity index (χ2v) is 16.4. The van der Waals surface area contributed by atoms with Gasteiger partial charge in [-0.15, -0.1) is 0 Å². The van der Waals surface area contributed by atoms with E-state index in [1.165, 1.54) is 12.1 Å². The fraction of sp³-hybridized carbons (Fsp3) is 0.706. The first-order valence-corrected chi connectivity index (χ1v) is 18.0. The molecule has 3 N–H and O–H groups in total. The highest BCUT2D eigenvalue weighted by molar-refractivity contribution is 7.90. The van der Waals surface area contributed by atoms with Crippen LogP contribution in [0.4, 0.5) is 4.79 Å². The number of imidazole rings is 1. The Morgan fingerprint density at radius 1 is 1.07 bits per heavy atom. The van der Waals surface area contributed by atoms with E-state index >= 15 is 0 Å². The maximum atomic E-state index is 12.9. The number of aromatic nitrogens is 2. The topological polar surface area (TPSA) is 131 Å². The minimum atomic E-state index is -4.08. The number of aliphatic hydroxyl groups is 2. The van der Waals surface area contributed by atoms with Crippen molar-refractivity contribution in [3.8, 4) is 5.69 Å². The molecule has 1 aromatic heterocycles. The monoisotopic (exact) mass is 627 g/mol. The largest absolute Gasteiger partial charge is 0.449 e. The SMILES string of the molecule is CC[C@H]1[C@@H](O)[C@@H]2[C@H](CC[C@]3(C)[C@@H]([C@H](C)COC(=O)NS(=O)(=O)c4ccc(-n5ccnc5)cc4)CC[C@@H]23)[C@@]2(C)CC[C@@H](O)C[C@@H]12. The number of aliphatic hydroxyl groups excluding tert-OH is 2. The van der Waals surface area contributed by atoms with Crippen LogP contribution in [0.1, 0.15) is 79.1 Å². The molecule has 1 amide bonds. The van der Waals surface area contributed by atoms with Crippen LogP contribution in [0.5, 0.6) is 0 Å². The number of hydrogen-bond acceptors (Lipinski definition) is 7. The van der Waals surface area contributed by atoms with Crippen LogP contribution in [-0.2, 0) is 14.8 Å². The number of fused-ring (bicyclic) bond motifs is 5. The highest BCUT2D eigenvalue weighted by Gasteiger charge is 2.64. The molecule has 1 aromatic carbocycles. The first kappa shape index (κ1) is 31.5. The molecule has 10 heteroatoms. The van der Waals surface area contributed by atoms with Gasteiger partial charge in [0.05, 0.1) is 30.0 Å². The molecule has 0 spiro atoms. The molecule has 6 rings (SSSR count). The van der Waals surface area contributed by atoms with Crippen molar-refractivity contribution in [2.75, 3.05) is 6.61 Å². The molecule has 4 fully saturated rings.